The number of carbonyl (C=O) groups excluding carboxylic acids is 3. The standard InChI is InChI=1S/C32H35N3O6S/c1-41-26-15-9-12-24(20-26)22-34(28(21-23-10-3-2-4-11-23)31(37)33-25-13-5-6-14-25)30(36)18-19-35-32(38)27-16-7-8-17-29(27)42(35,39)40/h2-4,7-12,15-17,20,25,28H,5-6,13-14,18-19,21-22H2,1H3,(H,33,37). The van der Waals surface area contributed by atoms with Gasteiger partial charge in [-0.3, -0.25) is 14.4 Å². The van der Waals surface area contributed by atoms with Crippen molar-refractivity contribution in [2.75, 3.05) is 13.7 Å². The molecule has 3 aromatic carbocycles. The number of ether oxygens (including phenoxy) is 1. The monoisotopic (exact) mass is 589 g/mol. The largest absolute Gasteiger partial charge is 0.497 e. The molecule has 0 radical (unpaired) electrons. The van der Waals surface area contributed by atoms with E-state index in [9.17, 15) is 22.8 Å². The average Bonchev–Trinajstić information content (AvgIpc) is 3.58. The SMILES string of the molecule is COc1cccc(CN(C(=O)CCN2C(=O)c3ccccc3S2(=O)=O)C(Cc2ccccc2)C(=O)NC2CCCC2)c1. The summed E-state index contributed by atoms with van der Waals surface area (Å²) >= 11 is 0. The van der Waals surface area contributed by atoms with Crippen LogP contribution in [0.4, 0.5) is 0 Å². The first-order chi connectivity index (χ1) is 20.3. The number of nitrogens with one attached hydrogen (secondary N) is 1. The van der Waals surface area contributed by atoms with Gasteiger partial charge in [-0.1, -0.05) is 67.4 Å². The minimum Gasteiger partial charge on any atom is -0.497 e. The van der Waals surface area contributed by atoms with Crippen molar-refractivity contribution < 1.29 is 27.5 Å². The Morgan fingerprint density at radius 1 is 0.976 bits per heavy atom. The number of rotatable bonds is 11. The highest BCUT2D eigenvalue weighted by Gasteiger charge is 2.41. The van der Waals surface area contributed by atoms with E-state index in [2.05, 4.69) is 5.32 Å². The van der Waals surface area contributed by atoms with E-state index in [1.165, 1.54) is 17.0 Å². The van der Waals surface area contributed by atoms with Gasteiger partial charge in [0, 0.05) is 32.0 Å². The quantitative estimate of drug-likeness (QED) is 0.363. The molecular weight excluding hydrogens is 554 g/mol. The van der Waals surface area contributed by atoms with Crippen molar-refractivity contribution in [3.8, 4) is 5.75 Å². The van der Waals surface area contributed by atoms with Gasteiger partial charge in [0.1, 0.15) is 16.7 Å². The van der Waals surface area contributed by atoms with Gasteiger partial charge in [-0.15, -0.1) is 0 Å². The van der Waals surface area contributed by atoms with Crippen LogP contribution in [0.15, 0.2) is 83.8 Å². The van der Waals surface area contributed by atoms with Crippen molar-refractivity contribution in [3.63, 3.8) is 0 Å². The molecule has 1 unspecified atom stereocenters. The van der Waals surface area contributed by atoms with E-state index in [0.717, 1.165) is 41.1 Å². The lowest BCUT2D eigenvalue weighted by Crippen LogP contribution is -2.52. The molecular formula is C32H35N3O6S. The summed E-state index contributed by atoms with van der Waals surface area (Å²) in [6, 6.07) is 22.0. The number of methoxy groups -OCH3 is 1. The van der Waals surface area contributed by atoms with Gasteiger partial charge in [-0.05, 0) is 48.2 Å². The summed E-state index contributed by atoms with van der Waals surface area (Å²) in [6.07, 6.45) is 3.88. The maximum absolute atomic E-state index is 14.0. The summed E-state index contributed by atoms with van der Waals surface area (Å²) < 4.78 is 32.4. The Morgan fingerprint density at radius 3 is 2.38 bits per heavy atom. The lowest BCUT2D eigenvalue weighted by atomic mass is 10.0. The molecule has 1 aliphatic carbocycles. The van der Waals surface area contributed by atoms with E-state index in [1.807, 2.05) is 42.5 Å². The predicted molar refractivity (Wildman–Crippen MR) is 157 cm³/mol. The number of carbonyl (C=O) groups is 3. The number of fused-ring (bicyclic) bond motifs is 1. The van der Waals surface area contributed by atoms with Crippen LogP contribution in [-0.4, -0.2) is 61.1 Å². The highest BCUT2D eigenvalue weighted by Crippen LogP contribution is 2.30. The highest BCUT2D eigenvalue weighted by atomic mass is 32.2. The Kier molecular flexibility index (Phi) is 8.91. The first kappa shape index (κ1) is 29.3. The zero-order chi connectivity index (χ0) is 29.7. The van der Waals surface area contributed by atoms with Gasteiger partial charge in [0.05, 0.1) is 12.7 Å². The summed E-state index contributed by atoms with van der Waals surface area (Å²) in [5, 5.41) is 3.15. The van der Waals surface area contributed by atoms with Crippen molar-refractivity contribution in [2.45, 2.75) is 62.0 Å². The van der Waals surface area contributed by atoms with Gasteiger partial charge < -0.3 is 15.0 Å². The second-order valence-corrected chi connectivity index (χ2v) is 12.5. The first-order valence-electron chi connectivity index (χ1n) is 14.2. The number of hydrogen-bond acceptors (Lipinski definition) is 6. The van der Waals surface area contributed by atoms with Crippen LogP contribution in [0.25, 0.3) is 0 Å². The van der Waals surface area contributed by atoms with Crippen LogP contribution >= 0.6 is 0 Å². The molecule has 5 rings (SSSR count). The number of hydrogen-bond donors (Lipinski definition) is 1. The van der Waals surface area contributed by atoms with E-state index in [1.54, 1.807) is 31.4 Å². The Bertz CT molecular complexity index is 1550. The third kappa shape index (κ3) is 6.33. The smallest absolute Gasteiger partial charge is 0.269 e. The lowest BCUT2D eigenvalue weighted by Gasteiger charge is -2.33. The van der Waals surface area contributed by atoms with Crippen molar-refractivity contribution in [3.05, 3.63) is 95.6 Å². The van der Waals surface area contributed by atoms with E-state index in [0.29, 0.717) is 5.75 Å². The zero-order valence-corrected chi connectivity index (χ0v) is 24.4. The molecule has 1 N–H and O–H groups in total. The molecule has 220 valence electrons. The van der Waals surface area contributed by atoms with Gasteiger partial charge >= 0.3 is 0 Å². The Labute approximate surface area is 246 Å². The molecule has 0 spiro atoms. The van der Waals surface area contributed by atoms with Gasteiger partial charge in [0.2, 0.25) is 11.8 Å². The Balaban J connectivity index is 1.44. The van der Waals surface area contributed by atoms with Crippen LogP contribution in [0, 0.1) is 0 Å². The van der Waals surface area contributed by atoms with Crippen LogP contribution in [0.2, 0.25) is 0 Å². The minimum absolute atomic E-state index is 0.0513. The third-order valence-electron chi connectivity index (χ3n) is 7.90. The lowest BCUT2D eigenvalue weighted by molar-refractivity contribution is -0.141. The van der Waals surface area contributed by atoms with E-state index in [-0.39, 0.29) is 48.3 Å². The first-order valence-corrected chi connectivity index (χ1v) is 15.6. The molecule has 0 saturated heterocycles. The predicted octanol–water partition coefficient (Wildman–Crippen LogP) is 3.93. The van der Waals surface area contributed by atoms with Gasteiger partial charge in [-0.25, -0.2) is 12.7 Å². The summed E-state index contributed by atoms with van der Waals surface area (Å²) in [4.78, 5) is 42.3. The molecule has 10 heteroatoms. The van der Waals surface area contributed by atoms with E-state index in [4.69, 9.17) is 4.74 Å². The van der Waals surface area contributed by atoms with Crippen LogP contribution in [0.3, 0.4) is 0 Å². The van der Waals surface area contributed by atoms with Crippen LogP contribution in [0.1, 0.15) is 53.6 Å². The summed E-state index contributed by atoms with van der Waals surface area (Å²) in [5.41, 5.74) is 1.74. The number of sulfonamides is 1. The molecule has 42 heavy (non-hydrogen) atoms. The molecule has 2 aliphatic rings. The normalized spacial score (nSPS) is 16.6. The zero-order valence-electron chi connectivity index (χ0n) is 23.6. The molecule has 9 nitrogen and oxygen atoms in total. The summed E-state index contributed by atoms with van der Waals surface area (Å²) in [6.45, 7) is -0.224. The van der Waals surface area contributed by atoms with E-state index >= 15 is 0 Å². The molecule has 3 aromatic rings. The van der Waals surface area contributed by atoms with Crippen LogP contribution < -0.4 is 10.1 Å². The van der Waals surface area contributed by atoms with Crippen molar-refractivity contribution in [1.29, 1.82) is 0 Å². The van der Waals surface area contributed by atoms with Gasteiger partial charge in [0.15, 0.2) is 0 Å². The highest BCUT2D eigenvalue weighted by molar-refractivity contribution is 7.90. The van der Waals surface area contributed by atoms with Crippen LogP contribution in [-0.2, 0) is 32.6 Å². The Hall–Kier alpha value is -4.18. The summed E-state index contributed by atoms with van der Waals surface area (Å²) in [5.74, 6) is -0.724. The molecule has 1 heterocycles. The molecule has 0 bridgehead atoms. The maximum atomic E-state index is 14.0. The second kappa shape index (κ2) is 12.8. The number of benzene rings is 3. The molecule has 1 atom stereocenters. The van der Waals surface area contributed by atoms with Crippen LogP contribution in [0.5, 0.6) is 5.75 Å². The molecule has 1 fully saturated rings. The van der Waals surface area contributed by atoms with Crippen molar-refractivity contribution >= 4 is 27.7 Å². The molecule has 1 saturated carbocycles. The molecule has 3 amide bonds. The average molecular weight is 590 g/mol. The fourth-order valence-corrected chi connectivity index (χ4v) is 7.25. The van der Waals surface area contributed by atoms with Crippen molar-refractivity contribution in [2.24, 2.45) is 0 Å². The summed E-state index contributed by atoms with van der Waals surface area (Å²) in [7, 11) is -2.51. The maximum Gasteiger partial charge on any atom is 0.269 e. The molecule has 1 aliphatic heterocycles. The van der Waals surface area contributed by atoms with Gasteiger partial charge in [-0.2, -0.15) is 0 Å². The number of amides is 3. The molecule has 0 aromatic heterocycles. The topological polar surface area (TPSA) is 113 Å². The minimum atomic E-state index is -4.07. The van der Waals surface area contributed by atoms with Gasteiger partial charge in [0.25, 0.3) is 15.9 Å². The fourth-order valence-electron chi connectivity index (χ4n) is 5.68. The fraction of sp³-hybridized carbons (Fsp3) is 0.344. The Morgan fingerprint density at radius 2 is 1.67 bits per heavy atom. The van der Waals surface area contributed by atoms with E-state index < -0.39 is 27.9 Å². The van der Waals surface area contributed by atoms with Crippen molar-refractivity contribution in [1.82, 2.24) is 14.5 Å². The third-order valence-corrected chi connectivity index (χ3v) is 9.74. The second-order valence-electron chi connectivity index (χ2n) is 10.7. The number of nitrogens with zero attached hydrogens (tertiary/aromatic N) is 2.